The fraction of sp³-hybridized carbons (Fsp3) is 0.200. The van der Waals surface area contributed by atoms with Gasteiger partial charge in [0.1, 0.15) is 17.4 Å². The number of ether oxygens (including phenoxy) is 1. The Morgan fingerprint density at radius 2 is 1.88 bits per heavy atom. The third-order valence-corrected chi connectivity index (χ3v) is 10.3. The molecule has 1 fully saturated rings. The van der Waals surface area contributed by atoms with E-state index in [-0.39, 0.29) is 38.6 Å². The first-order valence-electron chi connectivity index (χ1n) is 12.9. The number of carbonyl (C=O) groups excluding carboxylic acids is 2. The molecule has 3 aromatic carbocycles. The minimum atomic E-state index is -3.95. The van der Waals surface area contributed by atoms with Crippen LogP contribution in [-0.4, -0.2) is 31.8 Å². The predicted molar refractivity (Wildman–Crippen MR) is 152 cm³/mol. The van der Waals surface area contributed by atoms with Gasteiger partial charge in [0.05, 0.1) is 39.1 Å². The lowest BCUT2D eigenvalue weighted by Crippen LogP contribution is -2.34. The Balaban J connectivity index is 1.10. The molecule has 0 unspecified atom stereocenters. The predicted octanol–water partition coefficient (Wildman–Crippen LogP) is 5.21. The number of benzene rings is 3. The number of sulfone groups is 1. The molecule has 0 bridgehead atoms. The van der Waals surface area contributed by atoms with Gasteiger partial charge in [-0.15, -0.1) is 11.3 Å². The van der Waals surface area contributed by atoms with E-state index in [1.165, 1.54) is 41.7 Å². The first kappa shape index (κ1) is 26.7. The minimum Gasteiger partial charge on any atom is -0.492 e. The summed E-state index contributed by atoms with van der Waals surface area (Å²) in [6.07, 6.45) is 4.51. The number of anilines is 1. The van der Waals surface area contributed by atoms with Crippen molar-refractivity contribution in [1.29, 1.82) is 5.26 Å². The molecule has 1 aliphatic heterocycles. The largest absolute Gasteiger partial charge is 0.492 e. The molecule has 0 atom stereocenters. The van der Waals surface area contributed by atoms with E-state index in [1.807, 2.05) is 24.3 Å². The van der Waals surface area contributed by atoms with E-state index in [4.69, 9.17) is 4.74 Å². The molecular weight excluding hydrogens is 560 g/mol. The standard InChI is InChI=1S/C30H24N4O5S2/c31-17-30(12-3-13-30)18-39-21-9-6-19(7-10-21)29-33-16-22(40-29)15-32-27(35)20-8-11-26-24(14-20)34-28(36)23-4-1-2-5-25(23)41(26,37)38/h1-2,4-11,14,16H,3,12-13,15,18H2,(H,32,35)(H,34,36). The summed E-state index contributed by atoms with van der Waals surface area (Å²) >= 11 is 1.44. The summed E-state index contributed by atoms with van der Waals surface area (Å²) in [5, 5.41) is 15.6. The second-order valence-corrected chi connectivity index (χ2v) is 13.0. The lowest BCUT2D eigenvalue weighted by atomic mass is 9.71. The molecule has 1 aliphatic carbocycles. The number of thiazole rings is 1. The topological polar surface area (TPSA) is 138 Å². The second kappa shape index (κ2) is 10.5. The number of amides is 2. The number of nitrogens with one attached hydrogen (secondary N) is 2. The van der Waals surface area contributed by atoms with Crippen LogP contribution in [-0.2, 0) is 16.4 Å². The molecule has 0 saturated heterocycles. The van der Waals surface area contributed by atoms with Crippen molar-refractivity contribution >= 4 is 38.7 Å². The van der Waals surface area contributed by atoms with Crippen LogP contribution in [0.4, 0.5) is 5.69 Å². The fourth-order valence-corrected chi connectivity index (χ4v) is 7.25. The van der Waals surface area contributed by atoms with E-state index in [0.717, 1.165) is 34.7 Å². The van der Waals surface area contributed by atoms with Crippen molar-refractivity contribution in [3.05, 3.63) is 88.9 Å². The van der Waals surface area contributed by atoms with Crippen molar-refractivity contribution < 1.29 is 22.7 Å². The summed E-state index contributed by atoms with van der Waals surface area (Å²) in [7, 11) is -3.95. The van der Waals surface area contributed by atoms with Gasteiger partial charge in [-0.3, -0.25) is 9.59 Å². The monoisotopic (exact) mass is 584 g/mol. The van der Waals surface area contributed by atoms with Gasteiger partial charge in [-0.1, -0.05) is 18.6 Å². The van der Waals surface area contributed by atoms with E-state index in [0.29, 0.717) is 12.4 Å². The molecule has 2 heterocycles. The quantitative estimate of drug-likeness (QED) is 0.304. The number of nitriles is 1. The number of fused-ring (bicyclic) bond motifs is 2. The molecule has 2 amide bonds. The van der Waals surface area contributed by atoms with Crippen LogP contribution in [0.25, 0.3) is 10.6 Å². The Labute approximate surface area is 240 Å². The Morgan fingerprint density at radius 3 is 2.61 bits per heavy atom. The van der Waals surface area contributed by atoms with Gasteiger partial charge >= 0.3 is 0 Å². The highest BCUT2D eigenvalue weighted by Crippen LogP contribution is 2.40. The molecule has 6 rings (SSSR count). The van der Waals surface area contributed by atoms with Gasteiger partial charge < -0.3 is 15.4 Å². The molecule has 9 nitrogen and oxygen atoms in total. The van der Waals surface area contributed by atoms with Gasteiger partial charge in [0.15, 0.2) is 0 Å². The normalized spacial score (nSPS) is 16.1. The molecular formula is C30H24N4O5S2. The van der Waals surface area contributed by atoms with E-state index < -0.39 is 21.7 Å². The molecule has 2 N–H and O–H groups in total. The molecule has 4 aromatic rings. The van der Waals surface area contributed by atoms with Crippen LogP contribution in [0.15, 0.2) is 82.7 Å². The molecule has 41 heavy (non-hydrogen) atoms. The Hall–Kier alpha value is -4.53. The van der Waals surface area contributed by atoms with E-state index in [2.05, 4.69) is 21.7 Å². The maximum Gasteiger partial charge on any atom is 0.257 e. The Kier molecular flexibility index (Phi) is 6.81. The van der Waals surface area contributed by atoms with Crippen LogP contribution in [0.3, 0.4) is 0 Å². The zero-order valence-electron chi connectivity index (χ0n) is 21.7. The van der Waals surface area contributed by atoms with Gasteiger partial charge in [-0.05, 0) is 67.4 Å². The number of carbonyl (C=O) groups is 2. The number of aromatic nitrogens is 1. The van der Waals surface area contributed by atoms with E-state index >= 15 is 0 Å². The van der Waals surface area contributed by atoms with Crippen LogP contribution >= 0.6 is 11.3 Å². The molecule has 11 heteroatoms. The molecule has 0 radical (unpaired) electrons. The number of hydrogen-bond acceptors (Lipinski definition) is 8. The number of nitrogens with zero attached hydrogens (tertiary/aromatic N) is 2. The zero-order chi connectivity index (χ0) is 28.6. The van der Waals surface area contributed by atoms with Crippen molar-refractivity contribution in [2.24, 2.45) is 5.41 Å². The molecule has 206 valence electrons. The first-order chi connectivity index (χ1) is 19.8. The molecule has 1 aromatic heterocycles. The highest BCUT2D eigenvalue weighted by atomic mass is 32.2. The third-order valence-electron chi connectivity index (χ3n) is 7.34. The van der Waals surface area contributed by atoms with E-state index in [1.54, 1.807) is 18.3 Å². The minimum absolute atomic E-state index is 0.0546. The van der Waals surface area contributed by atoms with Crippen molar-refractivity contribution in [3.63, 3.8) is 0 Å². The molecule has 2 aliphatic rings. The summed E-state index contributed by atoms with van der Waals surface area (Å²) in [6.45, 7) is 0.616. The van der Waals surface area contributed by atoms with Gasteiger partial charge in [0, 0.05) is 22.2 Å². The van der Waals surface area contributed by atoms with Gasteiger partial charge in [-0.25, -0.2) is 13.4 Å². The average Bonchev–Trinajstić information content (AvgIpc) is 3.42. The lowest BCUT2D eigenvalue weighted by molar-refractivity contribution is 0.0949. The van der Waals surface area contributed by atoms with Crippen LogP contribution < -0.4 is 15.4 Å². The van der Waals surface area contributed by atoms with Gasteiger partial charge in [0.25, 0.3) is 11.8 Å². The second-order valence-electron chi connectivity index (χ2n) is 10.0. The van der Waals surface area contributed by atoms with Crippen molar-refractivity contribution in [2.45, 2.75) is 35.6 Å². The molecule has 1 saturated carbocycles. The highest BCUT2D eigenvalue weighted by Gasteiger charge is 2.38. The third kappa shape index (κ3) is 5.08. The SMILES string of the molecule is N#CC1(COc2ccc(-c3ncc(CNC(=O)c4ccc5c(c4)NC(=O)c4ccccc4S5(=O)=O)s3)cc2)CCC1. The Morgan fingerprint density at radius 1 is 1.10 bits per heavy atom. The number of hydrogen-bond donors (Lipinski definition) is 2. The van der Waals surface area contributed by atoms with Crippen molar-refractivity contribution in [1.82, 2.24) is 10.3 Å². The smallest absolute Gasteiger partial charge is 0.257 e. The van der Waals surface area contributed by atoms with Crippen molar-refractivity contribution in [2.75, 3.05) is 11.9 Å². The summed E-state index contributed by atoms with van der Waals surface area (Å²) in [4.78, 5) is 30.8. The van der Waals surface area contributed by atoms with Crippen LogP contribution in [0, 0.1) is 16.7 Å². The van der Waals surface area contributed by atoms with Crippen LogP contribution in [0.5, 0.6) is 5.75 Å². The highest BCUT2D eigenvalue weighted by molar-refractivity contribution is 7.91. The Bertz CT molecular complexity index is 1820. The summed E-state index contributed by atoms with van der Waals surface area (Å²) in [5.74, 6) is -0.270. The van der Waals surface area contributed by atoms with Crippen LogP contribution in [0.2, 0.25) is 0 Å². The lowest BCUT2D eigenvalue weighted by Gasteiger charge is -2.34. The maximum atomic E-state index is 13.2. The average molecular weight is 585 g/mol. The summed E-state index contributed by atoms with van der Waals surface area (Å²) < 4.78 is 32.2. The van der Waals surface area contributed by atoms with Gasteiger partial charge in [-0.2, -0.15) is 5.26 Å². The fourth-order valence-electron chi connectivity index (χ4n) is 4.80. The summed E-state index contributed by atoms with van der Waals surface area (Å²) in [5.41, 5.74) is 0.872. The van der Waals surface area contributed by atoms with Crippen LogP contribution in [0.1, 0.15) is 44.9 Å². The van der Waals surface area contributed by atoms with E-state index in [9.17, 15) is 23.3 Å². The summed E-state index contributed by atoms with van der Waals surface area (Å²) in [6, 6.07) is 20.1. The van der Waals surface area contributed by atoms with Gasteiger partial charge in [0.2, 0.25) is 9.84 Å². The molecule has 0 spiro atoms. The first-order valence-corrected chi connectivity index (χ1v) is 15.2. The maximum absolute atomic E-state index is 13.2. The number of rotatable bonds is 7. The van der Waals surface area contributed by atoms with Crippen molar-refractivity contribution in [3.8, 4) is 22.4 Å². The zero-order valence-corrected chi connectivity index (χ0v) is 23.3.